The average Bonchev–Trinajstić information content (AvgIpc) is 2.17. The zero-order chi connectivity index (χ0) is 8.39. The Bertz CT molecular complexity index is 369. The first-order valence-electron chi connectivity index (χ1n) is 4.10. The molecule has 0 unspecified atom stereocenters. The highest BCUT2D eigenvalue weighted by molar-refractivity contribution is 5.58. The summed E-state index contributed by atoms with van der Waals surface area (Å²) in [6.07, 6.45) is 6.47. The van der Waals surface area contributed by atoms with Crippen LogP contribution < -0.4 is 0 Å². The van der Waals surface area contributed by atoms with Gasteiger partial charge in [0.2, 0.25) is 0 Å². The van der Waals surface area contributed by atoms with E-state index in [1.54, 1.807) is 0 Å². The summed E-state index contributed by atoms with van der Waals surface area (Å²) in [5, 5.41) is 8.67. The van der Waals surface area contributed by atoms with Crippen LogP contribution in [-0.4, -0.2) is 0 Å². The molecule has 0 aliphatic heterocycles. The van der Waals surface area contributed by atoms with Crippen molar-refractivity contribution in [2.24, 2.45) is 0 Å². The van der Waals surface area contributed by atoms with Gasteiger partial charge in [-0.05, 0) is 36.1 Å². The van der Waals surface area contributed by atoms with E-state index < -0.39 is 0 Å². The first kappa shape index (κ1) is 7.12. The van der Waals surface area contributed by atoms with Gasteiger partial charge in [-0.2, -0.15) is 5.26 Å². The molecule has 0 N–H and O–H groups in total. The molecule has 0 atom stereocenters. The molecule has 0 saturated carbocycles. The molecule has 0 aromatic heterocycles. The van der Waals surface area contributed by atoms with Crippen molar-refractivity contribution in [3.05, 3.63) is 41.0 Å². The Morgan fingerprint density at radius 1 is 1.33 bits per heavy atom. The number of allylic oxidation sites excluding steroid dienone is 1. The lowest BCUT2D eigenvalue weighted by Gasteiger charge is -2.09. The summed E-state index contributed by atoms with van der Waals surface area (Å²) in [7, 11) is 0. The van der Waals surface area contributed by atoms with E-state index in [1.165, 1.54) is 11.1 Å². The standard InChI is InChI=1S/C11H9N/c12-8-9-5-6-10-3-1-2-4-11(10)7-9/h1,3,5-7H,2,4H2. The van der Waals surface area contributed by atoms with Gasteiger partial charge in [0.15, 0.2) is 0 Å². The summed E-state index contributed by atoms with van der Waals surface area (Å²) in [5.41, 5.74) is 3.33. The van der Waals surface area contributed by atoms with Crippen LogP contribution >= 0.6 is 0 Å². The van der Waals surface area contributed by atoms with Gasteiger partial charge in [-0.25, -0.2) is 0 Å². The van der Waals surface area contributed by atoms with Gasteiger partial charge in [0.25, 0.3) is 0 Å². The van der Waals surface area contributed by atoms with Crippen molar-refractivity contribution >= 4 is 6.08 Å². The number of rotatable bonds is 0. The summed E-state index contributed by atoms with van der Waals surface area (Å²) in [6.45, 7) is 0. The van der Waals surface area contributed by atoms with E-state index in [0.717, 1.165) is 18.4 Å². The van der Waals surface area contributed by atoms with Crippen molar-refractivity contribution in [2.75, 3.05) is 0 Å². The predicted molar refractivity (Wildman–Crippen MR) is 48.5 cm³/mol. The maximum absolute atomic E-state index is 8.67. The molecule has 58 valence electrons. The number of nitriles is 1. The van der Waals surface area contributed by atoms with Crippen molar-refractivity contribution in [1.29, 1.82) is 5.26 Å². The van der Waals surface area contributed by atoms with Gasteiger partial charge in [0, 0.05) is 0 Å². The van der Waals surface area contributed by atoms with Gasteiger partial charge in [-0.1, -0.05) is 18.2 Å². The number of aryl methyl sites for hydroxylation is 1. The Labute approximate surface area is 72.0 Å². The van der Waals surface area contributed by atoms with Crippen molar-refractivity contribution in [1.82, 2.24) is 0 Å². The molecule has 1 nitrogen and oxygen atoms in total. The third-order valence-electron chi connectivity index (χ3n) is 2.15. The second-order valence-electron chi connectivity index (χ2n) is 2.97. The van der Waals surface area contributed by atoms with E-state index in [2.05, 4.69) is 18.2 Å². The Morgan fingerprint density at radius 2 is 2.25 bits per heavy atom. The molecule has 0 spiro atoms. The molecule has 1 aliphatic carbocycles. The maximum atomic E-state index is 8.67. The normalized spacial score (nSPS) is 13.6. The lowest BCUT2D eigenvalue weighted by Crippen LogP contribution is -1.94. The summed E-state index contributed by atoms with van der Waals surface area (Å²) in [6, 6.07) is 8.02. The van der Waals surface area contributed by atoms with Gasteiger partial charge >= 0.3 is 0 Å². The maximum Gasteiger partial charge on any atom is 0.0991 e. The van der Waals surface area contributed by atoms with Crippen LogP contribution in [0, 0.1) is 11.3 Å². The van der Waals surface area contributed by atoms with Gasteiger partial charge < -0.3 is 0 Å². The molecule has 0 amide bonds. The molecule has 1 aromatic carbocycles. The van der Waals surface area contributed by atoms with Crippen LogP contribution in [-0.2, 0) is 6.42 Å². The van der Waals surface area contributed by atoms with Crippen LogP contribution in [0.4, 0.5) is 0 Å². The number of hydrogen-bond donors (Lipinski definition) is 0. The topological polar surface area (TPSA) is 23.8 Å². The molecule has 0 fully saturated rings. The molecule has 0 radical (unpaired) electrons. The SMILES string of the molecule is N#Cc1ccc2c(c1)CCC=C2. The predicted octanol–water partition coefficient (Wildman–Crippen LogP) is 2.52. The second-order valence-corrected chi connectivity index (χ2v) is 2.97. The fourth-order valence-corrected chi connectivity index (χ4v) is 1.50. The molecular weight excluding hydrogens is 146 g/mol. The van der Waals surface area contributed by atoms with Crippen molar-refractivity contribution < 1.29 is 0 Å². The molecule has 0 heterocycles. The van der Waals surface area contributed by atoms with Crippen LogP contribution in [0.25, 0.3) is 6.08 Å². The minimum absolute atomic E-state index is 0.768. The van der Waals surface area contributed by atoms with E-state index >= 15 is 0 Å². The van der Waals surface area contributed by atoms with E-state index in [0.29, 0.717) is 0 Å². The molecule has 1 heteroatoms. The van der Waals surface area contributed by atoms with Crippen LogP contribution in [0.1, 0.15) is 23.1 Å². The van der Waals surface area contributed by atoms with Crippen LogP contribution in [0.5, 0.6) is 0 Å². The number of benzene rings is 1. The largest absolute Gasteiger partial charge is 0.192 e. The van der Waals surface area contributed by atoms with E-state index in [-0.39, 0.29) is 0 Å². The van der Waals surface area contributed by atoms with Gasteiger partial charge in [0.1, 0.15) is 0 Å². The van der Waals surface area contributed by atoms with Crippen molar-refractivity contribution in [3.8, 4) is 6.07 Å². The monoisotopic (exact) mass is 155 g/mol. The highest BCUT2D eigenvalue weighted by Gasteiger charge is 2.03. The average molecular weight is 155 g/mol. The minimum atomic E-state index is 0.768. The first-order chi connectivity index (χ1) is 5.90. The third-order valence-corrected chi connectivity index (χ3v) is 2.15. The number of fused-ring (bicyclic) bond motifs is 1. The Hall–Kier alpha value is -1.55. The summed E-state index contributed by atoms with van der Waals surface area (Å²) in [5.74, 6) is 0. The van der Waals surface area contributed by atoms with Crippen molar-refractivity contribution in [2.45, 2.75) is 12.8 Å². The Balaban J connectivity index is 2.53. The molecule has 2 rings (SSSR count). The van der Waals surface area contributed by atoms with E-state index in [1.807, 2.05) is 18.2 Å². The summed E-state index contributed by atoms with van der Waals surface area (Å²) >= 11 is 0. The number of hydrogen-bond acceptors (Lipinski definition) is 1. The summed E-state index contributed by atoms with van der Waals surface area (Å²) in [4.78, 5) is 0. The lowest BCUT2D eigenvalue weighted by molar-refractivity contribution is 0.984. The van der Waals surface area contributed by atoms with Gasteiger partial charge in [-0.15, -0.1) is 0 Å². The van der Waals surface area contributed by atoms with Crippen molar-refractivity contribution in [3.63, 3.8) is 0 Å². The molecule has 12 heavy (non-hydrogen) atoms. The first-order valence-corrected chi connectivity index (χ1v) is 4.10. The van der Waals surface area contributed by atoms with E-state index in [9.17, 15) is 0 Å². The Kier molecular flexibility index (Phi) is 1.68. The molecular formula is C11H9N. The lowest BCUT2D eigenvalue weighted by atomic mass is 9.96. The fraction of sp³-hybridized carbons (Fsp3) is 0.182. The molecule has 0 bridgehead atoms. The number of nitrogens with zero attached hydrogens (tertiary/aromatic N) is 1. The third kappa shape index (κ3) is 1.12. The van der Waals surface area contributed by atoms with Gasteiger partial charge in [-0.3, -0.25) is 0 Å². The second kappa shape index (κ2) is 2.83. The van der Waals surface area contributed by atoms with Crippen LogP contribution in [0.15, 0.2) is 24.3 Å². The Morgan fingerprint density at radius 3 is 3.08 bits per heavy atom. The zero-order valence-electron chi connectivity index (χ0n) is 6.75. The quantitative estimate of drug-likeness (QED) is 0.564. The minimum Gasteiger partial charge on any atom is -0.192 e. The summed E-state index contributed by atoms with van der Waals surface area (Å²) < 4.78 is 0. The van der Waals surface area contributed by atoms with Crippen LogP contribution in [0.2, 0.25) is 0 Å². The highest BCUT2D eigenvalue weighted by atomic mass is 14.2. The fourth-order valence-electron chi connectivity index (χ4n) is 1.50. The molecule has 1 aliphatic rings. The molecule has 1 aromatic rings. The van der Waals surface area contributed by atoms with Crippen LogP contribution in [0.3, 0.4) is 0 Å². The highest BCUT2D eigenvalue weighted by Crippen LogP contribution is 2.19. The van der Waals surface area contributed by atoms with Gasteiger partial charge in [0.05, 0.1) is 11.6 Å². The van der Waals surface area contributed by atoms with E-state index in [4.69, 9.17) is 5.26 Å². The molecule has 0 saturated heterocycles. The smallest absolute Gasteiger partial charge is 0.0991 e. The zero-order valence-corrected chi connectivity index (χ0v) is 6.75.